The van der Waals surface area contributed by atoms with Gasteiger partial charge in [0.15, 0.2) is 0 Å². The summed E-state index contributed by atoms with van der Waals surface area (Å²) >= 11 is 5.94. The van der Waals surface area contributed by atoms with Gasteiger partial charge in [-0.15, -0.1) is 0 Å². The molecule has 1 aliphatic heterocycles. The van der Waals surface area contributed by atoms with Gasteiger partial charge in [0, 0.05) is 35.2 Å². The summed E-state index contributed by atoms with van der Waals surface area (Å²) in [5.41, 5.74) is 0.627. The molecule has 110 valence electrons. The number of aromatic amines is 1. The molecule has 1 N–H and O–H groups in total. The predicted molar refractivity (Wildman–Crippen MR) is 83.9 cm³/mol. The molecule has 5 heteroatoms. The molecule has 0 spiro atoms. The number of halogens is 1. The average molecular weight is 305 g/mol. The second-order valence-electron chi connectivity index (χ2n) is 5.70. The number of nitrogens with one attached hydrogen (secondary N) is 1. The molecular formula is C16H17ClN2O2. The normalized spacial score (nSPS) is 16.4. The summed E-state index contributed by atoms with van der Waals surface area (Å²) in [6, 6.07) is 5.06. The van der Waals surface area contributed by atoms with E-state index in [1.807, 2.05) is 0 Å². The fourth-order valence-electron chi connectivity index (χ4n) is 2.73. The van der Waals surface area contributed by atoms with Crippen molar-refractivity contribution in [3.8, 4) is 0 Å². The first kappa shape index (κ1) is 14.1. The van der Waals surface area contributed by atoms with Crippen molar-refractivity contribution in [3.63, 3.8) is 0 Å². The fourth-order valence-corrected chi connectivity index (χ4v) is 2.90. The number of pyridine rings is 1. The maximum Gasteiger partial charge on any atom is 0.259 e. The largest absolute Gasteiger partial charge is 0.360 e. The third-order valence-corrected chi connectivity index (χ3v) is 4.38. The van der Waals surface area contributed by atoms with Crippen molar-refractivity contribution in [2.45, 2.75) is 19.8 Å². The van der Waals surface area contributed by atoms with Gasteiger partial charge in [0.25, 0.3) is 5.91 Å². The third kappa shape index (κ3) is 2.68. The summed E-state index contributed by atoms with van der Waals surface area (Å²) in [6.45, 7) is 3.62. The number of fused-ring (bicyclic) bond motifs is 1. The first-order valence-corrected chi connectivity index (χ1v) is 7.54. The van der Waals surface area contributed by atoms with Gasteiger partial charge in [-0.25, -0.2) is 0 Å². The van der Waals surface area contributed by atoms with E-state index in [1.165, 1.54) is 6.20 Å². The number of hydrogen-bond acceptors (Lipinski definition) is 2. The number of benzene rings is 1. The number of carbonyl (C=O) groups excluding carboxylic acids is 1. The first-order valence-electron chi connectivity index (χ1n) is 7.16. The van der Waals surface area contributed by atoms with Crippen molar-refractivity contribution in [3.05, 3.63) is 45.2 Å². The van der Waals surface area contributed by atoms with Crippen molar-refractivity contribution < 1.29 is 4.79 Å². The zero-order valence-corrected chi connectivity index (χ0v) is 12.6. The van der Waals surface area contributed by atoms with Gasteiger partial charge >= 0.3 is 0 Å². The molecule has 0 saturated carbocycles. The fraction of sp³-hybridized carbons (Fsp3) is 0.375. The summed E-state index contributed by atoms with van der Waals surface area (Å²) in [5, 5.41) is 0.947. The highest BCUT2D eigenvalue weighted by molar-refractivity contribution is 6.31. The quantitative estimate of drug-likeness (QED) is 0.880. The molecule has 21 heavy (non-hydrogen) atoms. The van der Waals surface area contributed by atoms with Gasteiger partial charge in [-0.3, -0.25) is 9.59 Å². The van der Waals surface area contributed by atoms with Crippen LogP contribution >= 0.6 is 11.6 Å². The minimum atomic E-state index is -0.255. The molecule has 0 bridgehead atoms. The summed E-state index contributed by atoms with van der Waals surface area (Å²) in [7, 11) is 0. The van der Waals surface area contributed by atoms with Gasteiger partial charge in [0.2, 0.25) is 5.43 Å². The number of likely N-dealkylation sites (tertiary alicyclic amines) is 1. The zero-order valence-electron chi connectivity index (χ0n) is 11.9. The molecule has 2 aromatic rings. The maximum absolute atomic E-state index is 12.5. The first-order chi connectivity index (χ1) is 10.1. The lowest BCUT2D eigenvalue weighted by Crippen LogP contribution is -2.39. The van der Waals surface area contributed by atoms with Crippen molar-refractivity contribution in [2.24, 2.45) is 5.92 Å². The SMILES string of the molecule is CC1CCN(C(=O)c2c[nH]c3ccc(Cl)cc3c2=O)CC1. The van der Waals surface area contributed by atoms with Crippen LogP contribution in [0.25, 0.3) is 10.9 Å². The lowest BCUT2D eigenvalue weighted by Gasteiger charge is -2.30. The van der Waals surface area contributed by atoms with E-state index in [0.717, 1.165) is 12.8 Å². The van der Waals surface area contributed by atoms with Crippen LogP contribution in [0.2, 0.25) is 5.02 Å². The molecule has 0 unspecified atom stereocenters. The van der Waals surface area contributed by atoms with Crippen molar-refractivity contribution in [1.29, 1.82) is 0 Å². The Morgan fingerprint density at radius 3 is 2.76 bits per heavy atom. The number of piperidine rings is 1. The Bertz CT molecular complexity index is 746. The van der Waals surface area contributed by atoms with Gasteiger partial charge in [-0.05, 0) is 37.0 Å². The van der Waals surface area contributed by atoms with E-state index in [2.05, 4.69) is 11.9 Å². The highest BCUT2D eigenvalue weighted by atomic mass is 35.5. The van der Waals surface area contributed by atoms with Gasteiger partial charge < -0.3 is 9.88 Å². The van der Waals surface area contributed by atoms with E-state index in [0.29, 0.717) is 34.9 Å². The molecule has 3 rings (SSSR count). The Morgan fingerprint density at radius 1 is 1.33 bits per heavy atom. The molecule has 1 saturated heterocycles. The Morgan fingerprint density at radius 2 is 2.05 bits per heavy atom. The van der Waals surface area contributed by atoms with Crippen molar-refractivity contribution in [1.82, 2.24) is 9.88 Å². The Balaban J connectivity index is 1.99. The van der Waals surface area contributed by atoms with E-state index in [-0.39, 0.29) is 16.9 Å². The number of H-pyrrole nitrogens is 1. The Hall–Kier alpha value is -1.81. The number of nitrogens with zero attached hydrogens (tertiary/aromatic N) is 1. The second kappa shape index (κ2) is 5.53. The van der Waals surface area contributed by atoms with E-state index in [1.54, 1.807) is 23.1 Å². The van der Waals surface area contributed by atoms with Crippen LogP contribution in [0.15, 0.2) is 29.2 Å². The summed E-state index contributed by atoms with van der Waals surface area (Å²) in [5.74, 6) is 0.452. The standard InChI is InChI=1S/C16H17ClN2O2/c1-10-4-6-19(7-5-10)16(21)13-9-18-14-3-2-11(17)8-12(14)15(13)20/h2-3,8-10H,4-7H2,1H3,(H,18,20). The molecule has 0 aliphatic carbocycles. The van der Waals surface area contributed by atoms with Crippen LogP contribution in [-0.2, 0) is 0 Å². The van der Waals surface area contributed by atoms with Crippen LogP contribution < -0.4 is 5.43 Å². The molecule has 0 atom stereocenters. The molecular weight excluding hydrogens is 288 g/mol. The van der Waals surface area contributed by atoms with Crippen LogP contribution in [0.5, 0.6) is 0 Å². The lowest BCUT2D eigenvalue weighted by molar-refractivity contribution is 0.0696. The summed E-state index contributed by atoms with van der Waals surface area (Å²) in [4.78, 5) is 29.8. The van der Waals surface area contributed by atoms with Crippen LogP contribution in [0.3, 0.4) is 0 Å². The van der Waals surface area contributed by atoms with Gasteiger partial charge in [-0.1, -0.05) is 18.5 Å². The number of carbonyl (C=O) groups is 1. The van der Waals surface area contributed by atoms with Gasteiger partial charge in [-0.2, -0.15) is 0 Å². The van der Waals surface area contributed by atoms with E-state index < -0.39 is 0 Å². The van der Waals surface area contributed by atoms with E-state index in [9.17, 15) is 9.59 Å². The van der Waals surface area contributed by atoms with Gasteiger partial charge in [0.05, 0.1) is 0 Å². The number of amides is 1. The van der Waals surface area contributed by atoms with Gasteiger partial charge in [0.1, 0.15) is 5.56 Å². The molecule has 4 nitrogen and oxygen atoms in total. The second-order valence-corrected chi connectivity index (χ2v) is 6.13. The highest BCUT2D eigenvalue weighted by Gasteiger charge is 2.23. The summed E-state index contributed by atoms with van der Waals surface area (Å²) in [6.07, 6.45) is 3.49. The molecule has 1 aromatic carbocycles. The molecule has 1 aliphatic rings. The van der Waals surface area contributed by atoms with Crippen LogP contribution in [0.4, 0.5) is 0 Å². The summed E-state index contributed by atoms with van der Waals surface area (Å²) < 4.78 is 0. The van der Waals surface area contributed by atoms with E-state index >= 15 is 0 Å². The minimum absolute atomic E-state index is 0.190. The van der Waals surface area contributed by atoms with Crippen LogP contribution in [0.1, 0.15) is 30.1 Å². The zero-order chi connectivity index (χ0) is 15.0. The van der Waals surface area contributed by atoms with Crippen LogP contribution in [-0.4, -0.2) is 28.9 Å². The maximum atomic E-state index is 12.5. The molecule has 1 amide bonds. The lowest BCUT2D eigenvalue weighted by atomic mass is 9.98. The Kier molecular flexibility index (Phi) is 3.72. The number of aromatic nitrogens is 1. The minimum Gasteiger partial charge on any atom is -0.360 e. The number of rotatable bonds is 1. The molecule has 1 fully saturated rings. The molecule has 1 aromatic heterocycles. The van der Waals surface area contributed by atoms with Crippen molar-refractivity contribution >= 4 is 28.4 Å². The molecule has 0 radical (unpaired) electrons. The van der Waals surface area contributed by atoms with E-state index in [4.69, 9.17) is 11.6 Å². The third-order valence-electron chi connectivity index (χ3n) is 4.14. The van der Waals surface area contributed by atoms with Crippen molar-refractivity contribution in [2.75, 3.05) is 13.1 Å². The topological polar surface area (TPSA) is 53.2 Å². The highest BCUT2D eigenvalue weighted by Crippen LogP contribution is 2.19. The predicted octanol–water partition coefficient (Wildman–Crippen LogP) is 3.05. The smallest absolute Gasteiger partial charge is 0.259 e. The molecule has 2 heterocycles. The monoisotopic (exact) mass is 304 g/mol. The van der Waals surface area contributed by atoms with Crippen LogP contribution in [0, 0.1) is 5.92 Å². The Labute approximate surface area is 127 Å². The number of hydrogen-bond donors (Lipinski definition) is 1. The average Bonchev–Trinajstić information content (AvgIpc) is 2.48.